The third-order valence-electron chi connectivity index (χ3n) is 3.56. The predicted molar refractivity (Wildman–Crippen MR) is 62.6 cm³/mol. The van der Waals surface area contributed by atoms with Crippen LogP contribution in [-0.4, -0.2) is 11.4 Å². The monoisotopic (exact) mass is 216 g/mol. The molecule has 0 aromatic heterocycles. The predicted octanol–water partition coefficient (Wildman–Crippen LogP) is 2.72. The fourth-order valence-electron chi connectivity index (χ4n) is 2.83. The van der Waals surface area contributed by atoms with Crippen LogP contribution in [0.2, 0.25) is 0 Å². The molecule has 0 saturated heterocycles. The van der Waals surface area contributed by atoms with Gasteiger partial charge in [-0.1, -0.05) is 31.2 Å². The highest BCUT2D eigenvalue weighted by Gasteiger charge is 2.30. The molecular weight excluding hydrogens is 200 g/mol. The van der Waals surface area contributed by atoms with E-state index in [-0.39, 0.29) is 0 Å². The topological polar surface area (TPSA) is 29.5 Å². The molecule has 3 rings (SSSR count). The van der Waals surface area contributed by atoms with Crippen LogP contribution < -0.4 is 0 Å². The van der Waals surface area contributed by atoms with Crippen molar-refractivity contribution in [1.29, 1.82) is 0 Å². The summed E-state index contributed by atoms with van der Waals surface area (Å²) in [7, 11) is 0. The lowest BCUT2D eigenvalue weighted by atomic mass is 9.81. The van der Waals surface area contributed by atoms with E-state index in [1.165, 1.54) is 16.7 Å². The van der Waals surface area contributed by atoms with Crippen LogP contribution in [0.4, 0.5) is 0 Å². The minimum Gasteiger partial charge on any atom is -0.469 e. The Bertz CT molecular complexity index is 448. The summed E-state index contributed by atoms with van der Waals surface area (Å²) in [5.41, 5.74) is 4.04. The highest BCUT2D eigenvalue weighted by molar-refractivity contribution is 5.73. The van der Waals surface area contributed by atoms with Crippen LogP contribution in [0.25, 0.3) is 5.57 Å². The number of rotatable bonds is 0. The number of ether oxygens (including phenoxy) is 1. The summed E-state index contributed by atoms with van der Waals surface area (Å²) >= 11 is 0. The first-order chi connectivity index (χ1) is 7.75. The van der Waals surface area contributed by atoms with Crippen LogP contribution in [0.5, 0.6) is 0 Å². The normalized spacial score (nSPS) is 28.1. The number of aliphatic hydroxyl groups excluding tert-OH is 1. The first-order valence-electron chi connectivity index (χ1n) is 5.92. The second-order valence-corrected chi connectivity index (χ2v) is 4.70. The van der Waals surface area contributed by atoms with Gasteiger partial charge in [-0.3, -0.25) is 0 Å². The Balaban J connectivity index is 2.12. The maximum Gasteiger partial charge on any atom is 0.197 e. The Kier molecular flexibility index (Phi) is 2.25. The number of hydrogen-bond acceptors (Lipinski definition) is 2. The highest BCUT2D eigenvalue weighted by Crippen LogP contribution is 2.41. The van der Waals surface area contributed by atoms with Crippen molar-refractivity contribution in [2.45, 2.75) is 32.5 Å². The number of aliphatic hydroxyl groups is 1. The Morgan fingerprint density at radius 2 is 2.06 bits per heavy atom. The van der Waals surface area contributed by atoms with E-state index in [4.69, 9.17) is 4.74 Å². The Morgan fingerprint density at radius 3 is 2.94 bits per heavy atom. The standard InChI is InChI=1S/C14H16O2/c1-9-8-13(15)16-12-7-6-10-4-2-3-5-11(10)14(9)12/h2-5,9,13,15H,6-8H2,1H3/t9-,13?/m1/s1. The Hall–Kier alpha value is -1.28. The third kappa shape index (κ3) is 1.45. The van der Waals surface area contributed by atoms with Gasteiger partial charge in [-0.05, 0) is 23.5 Å². The molecule has 1 N–H and O–H groups in total. The van der Waals surface area contributed by atoms with E-state index >= 15 is 0 Å². The first kappa shape index (κ1) is 9.91. The molecule has 0 saturated carbocycles. The molecule has 0 bridgehead atoms. The zero-order chi connectivity index (χ0) is 11.1. The van der Waals surface area contributed by atoms with Crippen LogP contribution >= 0.6 is 0 Å². The van der Waals surface area contributed by atoms with E-state index in [9.17, 15) is 5.11 Å². The van der Waals surface area contributed by atoms with Gasteiger partial charge in [0.25, 0.3) is 0 Å². The van der Waals surface area contributed by atoms with Crippen molar-refractivity contribution in [2.75, 3.05) is 0 Å². The molecule has 1 aliphatic heterocycles. The Labute approximate surface area is 95.6 Å². The van der Waals surface area contributed by atoms with E-state index in [0.29, 0.717) is 12.3 Å². The smallest absolute Gasteiger partial charge is 0.197 e. The van der Waals surface area contributed by atoms with E-state index in [1.54, 1.807) is 0 Å². The van der Waals surface area contributed by atoms with Crippen molar-refractivity contribution in [1.82, 2.24) is 0 Å². The summed E-state index contributed by atoms with van der Waals surface area (Å²) in [6.07, 6.45) is 2.04. The van der Waals surface area contributed by atoms with Crippen LogP contribution in [0, 0.1) is 5.92 Å². The zero-order valence-electron chi connectivity index (χ0n) is 9.44. The summed E-state index contributed by atoms with van der Waals surface area (Å²) in [6.45, 7) is 2.17. The molecule has 1 unspecified atom stereocenters. The first-order valence-corrected chi connectivity index (χ1v) is 5.92. The van der Waals surface area contributed by atoms with Crippen molar-refractivity contribution in [3.63, 3.8) is 0 Å². The van der Waals surface area contributed by atoms with Gasteiger partial charge in [0.2, 0.25) is 0 Å². The molecule has 1 aromatic rings. The molecule has 16 heavy (non-hydrogen) atoms. The highest BCUT2D eigenvalue weighted by atomic mass is 16.6. The SMILES string of the molecule is C[C@@H]1CC(O)OC2=C1c1ccccc1CC2. The molecule has 0 fully saturated rings. The largest absolute Gasteiger partial charge is 0.469 e. The van der Waals surface area contributed by atoms with Crippen molar-refractivity contribution in [2.24, 2.45) is 5.92 Å². The average Bonchev–Trinajstić information content (AvgIpc) is 2.28. The van der Waals surface area contributed by atoms with Gasteiger partial charge in [0.1, 0.15) is 5.76 Å². The molecule has 2 atom stereocenters. The Morgan fingerprint density at radius 1 is 1.25 bits per heavy atom. The molecule has 0 amide bonds. The molecule has 2 nitrogen and oxygen atoms in total. The molecule has 1 aromatic carbocycles. The van der Waals surface area contributed by atoms with Crippen molar-refractivity contribution >= 4 is 5.57 Å². The number of hydrogen-bond donors (Lipinski definition) is 1. The quantitative estimate of drug-likeness (QED) is 0.722. The van der Waals surface area contributed by atoms with Gasteiger partial charge in [-0.25, -0.2) is 0 Å². The van der Waals surface area contributed by atoms with Gasteiger partial charge < -0.3 is 9.84 Å². The number of allylic oxidation sites excluding steroid dienone is 2. The van der Waals surface area contributed by atoms with Crippen LogP contribution in [0.3, 0.4) is 0 Å². The fourth-order valence-corrected chi connectivity index (χ4v) is 2.83. The molecule has 84 valence electrons. The maximum absolute atomic E-state index is 9.61. The van der Waals surface area contributed by atoms with Gasteiger partial charge in [0, 0.05) is 18.4 Å². The molecular formula is C14H16O2. The van der Waals surface area contributed by atoms with E-state index in [1.807, 2.05) is 0 Å². The van der Waals surface area contributed by atoms with Gasteiger partial charge in [0.05, 0.1) is 0 Å². The second kappa shape index (κ2) is 3.63. The minimum atomic E-state index is -0.612. The molecule has 1 aliphatic carbocycles. The summed E-state index contributed by atoms with van der Waals surface area (Å²) < 4.78 is 5.55. The minimum absolute atomic E-state index is 0.389. The van der Waals surface area contributed by atoms with Crippen LogP contribution in [0.15, 0.2) is 30.0 Å². The van der Waals surface area contributed by atoms with Gasteiger partial charge >= 0.3 is 0 Å². The molecule has 0 spiro atoms. The van der Waals surface area contributed by atoms with E-state index < -0.39 is 6.29 Å². The third-order valence-corrected chi connectivity index (χ3v) is 3.56. The summed E-state index contributed by atoms with van der Waals surface area (Å²) in [5, 5.41) is 9.61. The molecule has 2 aliphatic rings. The van der Waals surface area contributed by atoms with Crippen molar-refractivity contribution < 1.29 is 9.84 Å². The van der Waals surface area contributed by atoms with Gasteiger partial charge in [-0.15, -0.1) is 0 Å². The van der Waals surface area contributed by atoms with Crippen LogP contribution in [-0.2, 0) is 11.2 Å². The average molecular weight is 216 g/mol. The van der Waals surface area contributed by atoms with Crippen LogP contribution in [0.1, 0.15) is 30.9 Å². The summed E-state index contributed by atoms with van der Waals surface area (Å²) in [4.78, 5) is 0. The van der Waals surface area contributed by atoms with Crippen molar-refractivity contribution in [3.05, 3.63) is 41.2 Å². The fraction of sp³-hybridized carbons (Fsp3) is 0.429. The maximum atomic E-state index is 9.61. The number of fused-ring (bicyclic) bond motifs is 2. The van der Waals surface area contributed by atoms with E-state index in [0.717, 1.165) is 18.6 Å². The van der Waals surface area contributed by atoms with Gasteiger partial charge in [-0.2, -0.15) is 0 Å². The zero-order valence-corrected chi connectivity index (χ0v) is 9.44. The molecule has 2 heteroatoms. The van der Waals surface area contributed by atoms with E-state index in [2.05, 4.69) is 31.2 Å². The lowest BCUT2D eigenvalue weighted by Crippen LogP contribution is -2.26. The van der Waals surface area contributed by atoms with Crippen molar-refractivity contribution in [3.8, 4) is 0 Å². The number of aryl methyl sites for hydroxylation is 1. The summed E-state index contributed by atoms with van der Waals surface area (Å²) in [6, 6.07) is 8.53. The lowest BCUT2D eigenvalue weighted by molar-refractivity contribution is -0.0852. The number of benzene rings is 1. The lowest BCUT2D eigenvalue weighted by Gasteiger charge is -2.34. The molecule has 0 radical (unpaired) electrons. The van der Waals surface area contributed by atoms with Gasteiger partial charge in [0.15, 0.2) is 6.29 Å². The summed E-state index contributed by atoms with van der Waals surface area (Å²) in [5.74, 6) is 1.39. The second-order valence-electron chi connectivity index (χ2n) is 4.70. The molecule has 1 heterocycles.